The first kappa shape index (κ1) is 29.3. The molecule has 3 N–H and O–H groups in total. The zero-order chi connectivity index (χ0) is 32.2. The van der Waals surface area contributed by atoms with Crippen LogP contribution < -0.4 is 4.90 Å². The fourth-order valence-electron chi connectivity index (χ4n) is 7.34. The Labute approximate surface area is 278 Å². The van der Waals surface area contributed by atoms with E-state index < -0.39 is 0 Å². The minimum Gasteiger partial charge on any atom is -0.508 e. The van der Waals surface area contributed by atoms with Gasteiger partial charge in [0.1, 0.15) is 17.2 Å². The van der Waals surface area contributed by atoms with Crippen molar-refractivity contribution in [3.8, 4) is 34.1 Å². The lowest BCUT2D eigenvalue weighted by atomic mass is 9.87. The van der Waals surface area contributed by atoms with Crippen LogP contribution in [0.3, 0.4) is 0 Å². The monoisotopic (exact) mass is 636 g/mol. The summed E-state index contributed by atoms with van der Waals surface area (Å²) in [4.78, 5) is 2.41. The number of phenolic OH excluding ortho intramolecular Hbond substituents is 3. The van der Waals surface area contributed by atoms with Gasteiger partial charge in [0.2, 0.25) is 0 Å². The lowest BCUT2D eigenvalue weighted by Crippen LogP contribution is -2.29. The van der Waals surface area contributed by atoms with Crippen molar-refractivity contribution in [2.45, 2.75) is 24.8 Å². The molecule has 3 aliphatic rings. The molecular weight excluding hydrogens is 601 g/mol. The van der Waals surface area contributed by atoms with E-state index in [4.69, 9.17) is 0 Å². The highest BCUT2D eigenvalue weighted by Crippen LogP contribution is 2.52. The first-order valence-electron chi connectivity index (χ1n) is 16.0. The molecule has 1 aliphatic heterocycles. The Hall–Kier alpha value is -5.07. The highest BCUT2D eigenvalue weighted by molar-refractivity contribution is 7.97. The molecule has 5 aromatic carbocycles. The summed E-state index contributed by atoms with van der Waals surface area (Å²) in [5.74, 6) is 1.58. The number of phenols is 3. The molecule has 9 rings (SSSR count). The predicted molar refractivity (Wildman–Crippen MR) is 196 cm³/mol. The van der Waals surface area contributed by atoms with E-state index in [1.165, 1.54) is 24.0 Å². The van der Waals surface area contributed by atoms with Crippen molar-refractivity contribution in [3.05, 3.63) is 132 Å². The SMILES string of the molecule is CSC.Oc1ccc2c(c1)C1C=C(C3CC3)C=CC1N2c1cccc(-c2cccc(-n3c4ccc(O)cc4c4cc(O)ccc43)c2)c1. The standard InChI is InChI=1S/C39H30N2O3.C2H6S/c42-29-10-14-37-33(20-29)32-19-26(23-7-8-23)9-13-36(32)40(37)27-5-1-3-24(17-27)25-4-2-6-28(18-25)41-38-15-11-30(43)21-34(38)35-22-31(44)12-16-39(35)41;1-3-2/h1-6,9-23,32,36,42-44H,7-8H2;1-2H3. The minimum atomic E-state index is 0.154. The van der Waals surface area contributed by atoms with Crippen LogP contribution in [0.15, 0.2) is 127 Å². The second-order valence-corrected chi connectivity index (χ2v) is 13.5. The number of allylic oxidation sites excluding steroid dienone is 2. The average Bonchev–Trinajstić information content (AvgIpc) is 3.83. The Bertz CT molecular complexity index is 2170. The van der Waals surface area contributed by atoms with Crippen molar-refractivity contribution in [2.75, 3.05) is 17.4 Å². The molecule has 1 fully saturated rings. The molecule has 2 aliphatic carbocycles. The molecule has 5 nitrogen and oxygen atoms in total. The molecular formula is C41H36N2O3S. The van der Waals surface area contributed by atoms with Gasteiger partial charge in [-0.3, -0.25) is 0 Å². The molecule has 47 heavy (non-hydrogen) atoms. The van der Waals surface area contributed by atoms with E-state index in [-0.39, 0.29) is 23.5 Å². The van der Waals surface area contributed by atoms with Crippen LogP contribution in [0.4, 0.5) is 11.4 Å². The van der Waals surface area contributed by atoms with Gasteiger partial charge >= 0.3 is 0 Å². The molecule has 2 unspecified atom stereocenters. The number of anilines is 2. The summed E-state index contributed by atoms with van der Waals surface area (Å²) in [5.41, 5.74) is 9.98. The minimum absolute atomic E-state index is 0.154. The van der Waals surface area contributed by atoms with Crippen LogP contribution in [0, 0.1) is 5.92 Å². The summed E-state index contributed by atoms with van der Waals surface area (Å²) < 4.78 is 2.18. The molecule has 6 heteroatoms. The van der Waals surface area contributed by atoms with Gasteiger partial charge in [-0.25, -0.2) is 0 Å². The van der Waals surface area contributed by atoms with Crippen LogP contribution in [0.1, 0.15) is 24.3 Å². The first-order chi connectivity index (χ1) is 22.9. The molecule has 6 aromatic rings. The number of hydrogen-bond donors (Lipinski definition) is 3. The van der Waals surface area contributed by atoms with Crippen molar-refractivity contribution in [2.24, 2.45) is 5.92 Å². The lowest BCUT2D eigenvalue weighted by Gasteiger charge is -2.30. The third-order valence-corrected chi connectivity index (χ3v) is 9.50. The van der Waals surface area contributed by atoms with E-state index in [1.54, 1.807) is 42.1 Å². The summed E-state index contributed by atoms with van der Waals surface area (Å²) in [7, 11) is 0. The summed E-state index contributed by atoms with van der Waals surface area (Å²) in [5, 5.41) is 32.7. The van der Waals surface area contributed by atoms with Gasteiger partial charge in [0.25, 0.3) is 0 Å². The maximum Gasteiger partial charge on any atom is 0.116 e. The van der Waals surface area contributed by atoms with Crippen LogP contribution in [-0.2, 0) is 0 Å². The normalized spacial score (nSPS) is 18.1. The van der Waals surface area contributed by atoms with E-state index in [0.717, 1.165) is 50.0 Å². The van der Waals surface area contributed by atoms with Gasteiger partial charge in [0.15, 0.2) is 0 Å². The van der Waals surface area contributed by atoms with Crippen LogP contribution in [0.2, 0.25) is 0 Å². The molecule has 0 radical (unpaired) electrons. The summed E-state index contributed by atoms with van der Waals surface area (Å²) >= 11 is 1.75. The molecule has 2 atom stereocenters. The third-order valence-electron chi connectivity index (χ3n) is 9.50. The number of fused-ring (bicyclic) bond motifs is 6. The zero-order valence-corrected chi connectivity index (χ0v) is 27.2. The topological polar surface area (TPSA) is 68.9 Å². The molecule has 0 amide bonds. The number of hydrogen-bond acceptors (Lipinski definition) is 5. The zero-order valence-electron chi connectivity index (χ0n) is 26.3. The Kier molecular flexibility index (Phi) is 7.26. The highest BCUT2D eigenvalue weighted by atomic mass is 32.2. The van der Waals surface area contributed by atoms with Crippen molar-refractivity contribution in [1.29, 1.82) is 0 Å². The van der Waals surface area contributed by atoms with Crippen molar-refractivity contribution in [3.63, 3.8) is 0 Å². The Morgan fingerprint density at radius 1 is 0.660 bits per heavy atom. The number of thioether (sulfide) groups is 1. The van der Waals surface area contributed by atoms with Gasteiger partial charge in [0, 0.05) is 33.8 Å². The van der Waals surface area contributed by atoms with Crippen molar-refractivity contribution < 1.29 is 15.3 Å². The maximum atomic E-state index is 10.4. The van der Waals surface area contributed by atoms with Gasteiger partial charge in [-0.1, -0.05) is 42.5 Å². The third kappa shape index (κ3) is 5.13. The van der Waals surface area contributed by atoms with E-state index in [1.807, 2.05) is 36.8 Å². The second kappa shape index (κ2) is 11.6. The van der Waals surface area contributed by atoms with E-state index in [0.29, 0.717) is 11.7 Å². The Morgan fingerprint density at radius 3 is 1.87 bits per heavy atom. The molecule has 1 aromatic heterocycles. The molecule has 234 valence electrons. The summed E-state index contributed by atoms with van der Waals surface area (Å²) in [6.07, 6.45) is 13.7. The first-order valence-corrected chi connectivity index (χ1v) is 17.7. The lowest BCUT2D eigenvalue weighted by molar-refractivity contribution is 0.474. The van der Waals surface area contributed by atoms with Gasteiger partial charge < -0.3 is 24.8 Å². The maximum absolute atomic E-state index is 10.4. The highest BCUT2D eigenvalue weighted by Gasteiger charge is 2.40. The van der Waals surface area contributed by atoms with Crippen LogP contribution in [-0.4, -0.2) is 38.4 Å². The van der Waals surface area contributed by atoms with Gasteiger partial charge in [-0.05, 0) is 132 Å². The number of aromatic nitrogens is 1. The summed E-state index contributed by atoms with van der Waals surface area (Å²) in [6, 6.07) is 33.9. The molecule has 0 saturated heterocycles. The van der Waals surface area contributed by atoms with Gasteiger partial charge in [-0.2, -0.15) is 11.8 Å². The average molecular weight is 637 g/mol. The van der Waals surface area contributed by atoms with Crippen LogP contribution >= 0.6 is 11.8 Å². The van der Waals surface area contributed by atoms with Gasteiger partial charge in [-0.15, -0.1) is 0 Å². The quantitative estimate of drug-likeness (QED) is 0.180. The van der Waals surface area contributed by atoms with Crippen molar-refractivity contribution in [1.82, 2.24) is 4.57 Å². The molecule has 2 heterocycles. The summed E-state index contributed by atoms with van der Waals surface area (Å²) in [6.45, 7) is 0. The Morgan fingerprint density at radius 2 is 1.23 bits per heavy atom. The van der Waals surface area contributed by atoms with E-state index in [2.05, 4.69) is 76.2 Å². The number of benzene rings is 5. The number of rotatable bonds is 4. The molecule has 0 bridgehead atoms. The fourth-order valence-corrected chi connectivity index (χ4v) is 7.34. The fraction of sp³-hybridized carbons (Fsp3) is 0.171. The largest absolute Gasteiger partial charge is 0.508 e. The smallest absolute Gasteiger partial charge is 0.116 e. The second-order valence-electron chi connectivity index (χ2n) is 12.7. The van der Waals surface area contributed by atoms with E-state index in [9.17, 15) is 15.3 Å². The van der Waals surface area contributed by atoms with Gasteiger partial charge in [0.05, 0.1) is 17.1 Å². The number of nitrogens with zero attached hydrogens (tertiary/aromatic N) is 2. The van der Waals surface area contributed by atoms with Crippen LogP contribution in [0.5, 0.6) is 17.2 Å². The Balaban J connectivity index is 0.00000104. The molecule has 0 spiro atoms. The molecule has 1 saturated carbocycles. The van der Waals surface area contributed by atoms with Crippen molar-refractivity contribution >= 4 is 44.9 Å². The number of aromatic hydroxyl groups is 3. The van der Waals surface area contributed by atoms with E-state index >= 15 is 0 Å². The predicted octanol–water partition coefficient (Wildman–Crippen LogP) is 10.1. The van der Waals surface area contributed by atoms with Crippen LogP contribution in [0.25, 0.3) is 38.6 Å².